The molecule has 3 aromatic heterocycles. The first kappa shape index (κ1) is 27.5. The van der Waals surface area contributed by atoms with Crippen LogP contribution in [0.25, 0.3) is 22.0 Å². The summed E-state index contributed by atoms with van der Waals surface area (Å²) >= 11 is 0. The van der Waals surface area contributed by atoms with Crippen molar-refractivity contribution in [3.63, 3.8) is 0 Å². The van der Waals surface area contributed by atoms with E-state index in [9.17, 15) is 9.59 Å². The number of aromatic nitrogens is 3. The normalized spacial score (nSPS) is 14.2. The number of hydrogen-bond acceptors (Lipinski definition) is 6. The van der Waals surface area contributed by atoms with Crippen LogP contribution in [0.5, 0.6) is 0 Å². The number of benzene rings is 1. The van der Waals surface area contributed by atoms with Crippen LogP contribution in [0.4, 0.5) is 11.5 Å². The summed E-state index contributed by atoms with van der Waals surface area (Å²) in [5.74, 6) is 0.749. The third-order valence-corrected chi connectivity index (χ3v) is 7.61. The molecule has 3 N–H and O–H groups in total. The van der Waals surface area contributed by atoms with E-state index in [0.29, 0.717) is 17.7 Å². The lowest BCUT2D eigenvalue weighted by Crippen LogP contribution is -2.44. The second kappa shape index (κ2) is 11.6. The molecule has 1 aliphatic heterocycles. The maximum absolute atomic E-state index is 13.6. The minimum atomic E-state index is -0.224. The highest BCUT2D eigenvalue weighted by atomic mass is 16.1. The Morgan fingerprint density at radius 3 is 2.52 bits per heavy atom. The Labute approximate surface area is 235 Å². The van der Waals surface area contributed by atoms with Gasteiger partial charge in [-0.05, 0) is 76.7 Å². The van der Waals surface area contributed by atoms with Crippen LogP contribution in [0.1, 0.15) is 48.4 Å². The molecule has 0 aliphatic carbocycles. The molecule has 9 nitrogen and oxygen atoms in total. The van der Waals surface area contributed by atoms with Crippen molar-refractivity contribution in [1.29, 1.82) is 0 Å². The molecule has 0 saturated carbocycles. The lowest BCUT2D eigenvalue weighted by Gasteiger charge is -2.33. The molecule has 4 heterocycles. The average Bonchev–Trinajstić information content (AvgIpc) is 3.37. The third kappa shape index (κ3) is 5.60. The standard InChI is InChI=1S/C31H39N7O2/c1-6-32-27-15-21(4)35-31(40)26(27)19-34-30(39)25-16-23(17-28-24(25)9-10-38(28)20(2)3)22-7-8-29(33-18-22)37-13-11-36(5)12-14-37/h7-10,15-18,20H,6,11-14,19H2,1-5H3,(H,34,39)(H2,32,35,40). The third-order valence-electron chi connectivity index (χ3n) is 7.61. The molecule has 1 fully saturated rings. The van der Waals surface area contributed by atoms with Gasteiger partial charge in [-0.25, -0.2) is 4.98 Å². The van der Waals surface area contributed by atoms with E-state index in [1.165, 1.54) is 0 Å². The van der Waals surface area contributed by atoms with Gasteiger partial charge in [0.2, 0.25) is 0 Å². The van der Waals surface area contributed by atoms with Crippen LogP contribution in [0, 0.1) is 6.92 Å². The van der Waals surface area contributed by atoms with Gasteiger partial charge in [-0.2, -0.15) is 0 Å². The Balaban J connectivity index is 1.47. The van der Waals surface area contributed by atoms with Gasteiger partial charge in [0.1, 0.15) is 5.82 Å². The van der Waals surface area contributed by atoms with E-state index in [1.54, 1.807) is 0 Å². The lowest BCUT2D eigenvalue weighted by molar-refractivity contribution is 0.0952. The number of rotatable bonds is 8. The van der Waals surface area contributed by atoms with E-state index in [0.717, 1.165) is 65.4 Å². The van der Waals surface area contributed by atoms with E-state index >= 15 is 0 Å². The number of carbonyl (C=O) groups is 1. The largest absolute Gasteiger partial charge is 0.385 e. The molecule has 210 valence electrons. The van der Waals surface area contributed by atoms with E-state index in [-0.39, 0.29) is 24.1 Å². The number of nitrogens with one attached hydrogen (secondary N) is 3. The molecule has 1 saturated heterocycles. The molecule has 0 unspecified atom stereocenters. The zero-order valence-corrected chi connectivity index (χ0v) is 24.0. The number of likely N-dealkylation sites (N-methyl/N-ethyl adjacent to an activating group) is 1. The first-order valence-electron chi connectivity index (χ1n) is 14.0. The quantitative estimate of drug-likeness (QED) is 0.306. The molecule has 1 amide bonds. The van der Waals surface area contributed by atoms with Crippen molar-refractivity contribution in [1.82, 2.24) is 24.8 Å². The van der Waals surface area contributed by atoms with Crippen molar-refractivity contribution < 1.29 is 4.79 Å². The first-order valence-corrected chi connectivity index (χ1v) is 14.0. The average molecular weight is 542 g/mol. The van der Waals surface area contributed by atoms with Gasteiger partial charge in [0.25, 0.3) is 11.5 Å². The Bertz CT molecular complexity index is 1560. The number of piperazine rings is 1. The zero-order chi connectivity index (χ0) is 28.4. The van der Waals surface area contributed by atoms with E-state index in [2.05, 4.69) is 69.1 Å². The molecule has 0 radical (unpaired) electrons. The second-order valence-electron chi connectivity index (χ2n) is 10.9. The summed E-state index contributed by atoms with van der Waals surface area (Å²) in [6, 6.07) is 12.3. The van der Waals surface area contributed by atoms with Crippen LogP contribution in [0.15, 0.2) is 53.6 Å². The Kier molecular flexibility index (Phi) is 7.93. The minimum absolute atomic E-state index is 0.120. The van der Waals surface area contributed by atoms with E-state index in [1.807, 2.05) is 44.4 Å². The number of amides is 1. The van der Waals surface area contributed by atoms with Crippen molar-refractivity contribution >= 4 is 28.3 Å². The molecule has 1 aliphatic rings. The number of carbonyl (C=O) groups excluding carboxylic acids is 1. The van der Waals surface area contributed by atoms with Crippen LogP contribution in [-0.4, -0.2) is 65.1 Å². The summed E-state index contributed by atoms with van der Waals surface area (Å²) in [6.07, 6.45) is 3.92. The maximum atomic E-state index is 13.6. The van der Waals surface area contributed by atoms with Crippen LogP contribution >= 0.6 is 0 Å². The molecule has 40 heavy (non-hydrogen) atoms. The topological polar surface area (TPSA) is 98.3 Å². The number of H-pyrrole nitrogens is 1. The minimum Gasteiger partial charge on any atom is -0.385 e. The van der Waals surface area contributed by atoms with Gasteiger partial charge in [0, 0.05) is 84.6 Å². The van der Waals surface area contributed by atoms with Gasteiger partial charge < -0.3 is 30.0 Å². The fourth-order valence-electron chi connectivity index (χ4n) is 5.35. The SMILES string of the molecule is CCNc1cc(C)[nH]c(=O)c1CNC(=O)c1cc(-c2ccc(N3CCN(C)CC3)nc2)cc2c1ccn2C(C)C. The monoisotopic (exact) mass is 541 g/mol. The maximum Gasteiger partial charge on any atom is 0.255 e. The molecular formula is C31H39N7O2. The Morgan fingerprint density at radius 1 is 1.07 bits per heavy atom. The van der Waals surface area contributed by atoms with Gasteiger partial charge >= 0.3 is 0 Å². The second-order valence-corrected chi connectivity index (χ2v) is 10.9. The predicted octanol–water partition coefficient (Wildman–Crippen LogP) is 4.39. The van der Waals surface area contributed by atoms with Gasteiger partial charge in [0.05, 0.1) is 12.1 Å². The van der Waals surface area contributed by atoms with Crippen LogP contribution in [0.2, 0.25) is 0 Å². The summed E-state index contributed by atoms with van der Waals surface area (Å²) in [7, 11) is 2.14. The van der Waals surface area contributed by atoms with Gasteiger partial charge in [-0.1, -0.05) is 0 Å². The highest BCUT2D eigenvalue weighted by Crippen LogP contribution is 2.31. The molecule has 4 aromatic rings. The number of nitrogens with zero attached hydrogens (tertiary/aromatic N) is 4. The highest BCUT2D eigenvalue weighted by molar-refractivity contribution is 6.08. The van der Waals surface area contributed by atoms with E-state index < -0.39 is 0 Å². The number of aryl methyl sites for hydroxylation is 1. The van der Waals surface area contributed by atoms with Crippen LogP contribution in [0.3, 0.4) is 0 Å². The van der Waals surface area contributed by atoms with Crippen molar-refractivity contribution in [3.8, 4) is 11.1 Å². The summed E-state index contributed by atoms with van der Waals surface area (Å²) in [4.78, 5) is 38.6. The fraction of sp³-hybridized carbons (Fsp3) is 0.387. The smallest absolute Gasteiger partial charge is 0.255 e. The van der Waals surface area contributed by atoms with E-state index in [4.69, 9.17) is 4.98 Å². The molecule has 0 atom stereocenters. The predicted molar refractivity (Wildman–Crippen MR) is 162 cm³/mol. The summed E-state index contributed by atoms with van der Waals surface area (Å²) in [5, 5.41) is 7.12. The molecule has 0 bridgehead atoms. The Hall–Kier alpha value is -4.11. The van der Waals surface area contributed by atoms with Crippen molar-refractivity contribution in [2.45, 2.75) is 40.3 Å². The number of aromatic amines is 1. The number of pyridine rings is 2. The molecule has 0 spiro atoms. The highest BCUT2D eigenvalue weighted by Gasteiger charge is 2.19. The van der Waals surface area contributed by atoms with Crippen LogP contribution < -0.4 is 21.1 Å². The van der Waals surface area contributed by atoms with Crippen molar-refractivity contribution in [2.24, 2.45) is 0 Å². The summed E-state index contributed by atoms with van der Waals surface area (Å²) in [5.41, 5.74) is 5.26. The Morgan fingerprint density at radius 2 is 1.85 bits per heavy atom. The molecule has 1 aromatic carbocycles. The van der Waals surface area contributed by atoms with Crippen molar-refractivity contribution in [3.05, 3.63) is 76.0 Å². The fourth-order valence-corrected chi connectivity index (χ4v) is 5.35. The summed E-state index contributed by atoms with van der Waals surface area (Å²) in [6.45, 7) is 12.8. The number of anilines is 2. The number of fused-ring (bicyclic) bond motifs is 1. The summed E-state index contributed by atoms with van der Waals surface area (Å²) < 4.78 is 2.18. The van der Waals surface area contributed by atoms with Crippen molar-refractivity contribution in [2.75, 3.05) is 50.0 Å². The van der Waals surface area contributed by atoms with Gasteiger partial charge in [-0.3, -0.25) is 9.59 Å². The zero-order valence-electron chi connectivity index (χ0n) is 24.0. The molecular weight excluding hydrogens is 502 g/mol. The van der Waals surface area contributed by atoms with Crippen LogP contribution in [-0.2, 0) is 6.54 Å². The van der Waals surface area contributed by atoms with Gasteiger partial charge in [-0.15, -0.1) is 0 Å². The molecule has 9 heteroatoms. The number of hydrogen-bond donors (Lipinski definition) is 3. The lowest BCUT2D eigenvalue weighted by atomic mass is 10.0. The first-order chi connectivity index (χ1) is 19.2. The molecule has 5 rings (SSSR count). The van der Waals surface area contributed by atoms with Gasteiger partial charge in [0.15, 0.2) is 0 Å².